The highest BCUT2D eigenvalue weighted by Gasteiger charge is 2.13. The number of guanidine groups is 1. The number of nitrogens with one attached hydrogen (secondary N) is 2. The normalized spacial score (nSPS) is 13.7. The molecular weight excluding hydrogens is 358 g/mol. The Kier molecular flexibility index (Phi) is 8.33. The lowest BCUT2D eigenvalue weighted by Crippen LogP contribution is -2.39. The van der Waals surface area contributed by atoms with Crippen molar-refractivity contribution in [2.24, 2.45) is 4.99 Å². The second-order valence-electron chi connectivity index (χ2n) is 6.23. The first-order valence-electron chi connectivity index (χ1n) is 9.18. The molecule has 0 aliphatic heterocycles. The topological polar surface area (TPSA) is 62.7 Å². The number of hydrogen-bond donors (Lipinski definition) is 2. The molecule has 0 fully saturated rings. The number of nitrogens with zero attached hydrogens (tertiary/aromatic N) is 1. The van der Waals surface area contributed by atoms with Gasteiger partial charge in [-0.15, -0.1) is 0 Å². The van der Waals surface area contributed by atoms with Crippen molar-refractivity contribution in [3.05, 3.63) is 59.7 Å². The van der Waals surface area contributed by atoms with Crippen LogP contribution in [0.3, 0.4) is 0 Å². The highest BCUT2D eigenvalue weighted by Crippen LogP contribution is 2.25. The first-order valence-corrected chi connectivity index (χ1v) is 10.5. The van der Waals surface area contributed by atoms with Crippen LogP contribution in [-0.4, -0.2) is 36.1 Å². The Hall–Kier alpha value is -2.34. The highest BCUT2D eigenvalue weighted by molar-refractivity contribution is 7.85. The largest absolute Gasteiger partial charge is 0.496 e. The van der Waals surface area contributed by atoms with E-state index in [9.17, 15) is 4.21 Å². The summed E-state index contributed by atoms with van der Waals surface area (Å²) < 4.78 is 17.8. The van der Waals surface area contributed by atoms with Gasteiger partial charge in [-0.1, -0.05) is 35.9 Å². The fourth-order valence-electron chi connectivity index (χ4n) is 2.73. The molecule has 0 spiro atoms. The van der Waals surface area contributed by atoms with Gasteiger partial charge < -0.3 is 15.4 Å². The molecule has 2 rings (SSSR count). The van der Waals surface area contributed by atoms with Gasteiger partial charge in [-0.2, -0.15) is 0 Å². The lowest BCUT2D eigenvalue weighted by atomic mass is 10.0. The average molecular weight is 388 g/mol. The molecule has 0 bridgehead atoms. The SMILES string of the molecule is CCNC(=NCCS(=O)c1ccccc1)NC(C)c1cc(C)ccc1OC. The summed E-state index contributed by atoms with van der Waals surface area (Å²) in [4.78, 5) is 5.42. The van der Waals surface area contributed by atoms with Crippen molar-refractivity contribution in [3.8, 4) is 5.75 Å². The molecule has 2 aromatic rings. The van der Waals surface area contributed by atoms with E-state index in [-0.39, 0.29) is 6.04 Å². The van der Waals surface area contributed by atoms with Crippen LogP contribution in [0.5, 0.6) is 5.75 Å². The van der Waals surface area contributed by atoms with Gasteiger partial charge in [0.25, 0.3) is 0 Å². The van der Waals surface area contributed by atoms with Gasteiger partial charge in [0.15, 0.2) is 5.96 Å². The second kappa shape index (κ2) is 10.7. The zero-order chi connectivity index (χ0) is 19.6. The van der Waals surface area contributed by atoms with E-state index >= 15 is 0 Å². The molecule has 27 heavy (non-hydrogen) atoms. The van der Waals surface area contributed by atoms with Crippen LogP contribution in [0, 0.1) is 6.92 Å². The summed E-state index contributed by atoms with van der Waals surface area (Å²) in [5, 5.41) is 6.66. The van der Waals surface area contributed by atoms with E-state index in [2.05, 4.69) is 35.5 Å². The molecule has 146 valence electrons. The molecule has 0 aliphatic carbocycles. The Morgan fingerprint density at radius 2 is 1.96 bits per heavy atom. The molecular formula is C21H29N3O2S. The maximum absolute atomic E-state index is 12.3. The van der Waals surface area contributed by atoms with Gasteiger partial charge in [0.05, 0.1) is 30.5 Å². The van der Waals surface area contributed by atoms with E-state index in [4.69, 9.17) is 4.74 Å². The van der Waals surface area contributed by atoms with Crippen molar-refractivity contribution in [1.29, 1.82) is 0 Å². The minimum absolute atomic E-state index is 0.0253. The Morgan fingerprint density at radius 3 is 2.63 bits per heavy atom. The van der Waals surface area contributed by atoms with Crippen LogP contribution in [0.2, 0.25) is 0 Å². The number of hydrogen-bond acceptors (Lipinski definition) is 3. The van der Waals surface area contributed by atoms with Gasteiger partial charge in [0, 0.05) is 22.8 Å². The van der Waals surface area contributed by atoms with Crippen molar-refractivity contribution in [1.82, 2.24) is 10.6 Å². The van der Waals surface area contributed by atoms with Crippen molar-refractivity contribution in [3.63, 3.8) is 0 Å². The number of aliphatic imine (C=N–C) groups is 1. The van der Waals surface area contributed by atoms with E-state index in [1.807, 2.05) is 49.4 Å². The molecule has 2 N–H and O–H groups in total. The van der Waals surface area contributed by atoms with Crippen LogP contribution >= 0.6 is 0 Å². The van der Waals surface area contributed by atoms with Gasteiger partial charge >= 0.3 is 0 Å². The molecule has 2 atom stereocenters. The summed E-state index contributed by atoms with van der Waals surface area (Å²) >= 11 is 0. The standard InChI is InChI=1S/C21H29N3O2S/c1-5-22-21(23-13-14-27(25)18-9-7-6-8-10-18)24-17(3)19-15-16(2)11-12-20(19)26-4/h6-12,15,17H,5,13-14H2,1-4H3,(H2,22,23,24). The van der Waals surface area contributed by atoms with Crippen molar-refractivity contribution in [2.45, 2.75) is 31.7 Å². The first-order chi connectivity index (χ1) is 13.0. The minimum Gasteiger partial charge on any atom is -0.496 e. The number of methoxy groups -OCH3 is 1. The lowest BCUT2D eigenvalue weighted by Gasteiger charge is -2.20. The summed E-state index contributed by atoms with van der Waals surface area (Å²) in [6, 6.07) is 15.7. The summed E-state index contributed by atoms with van der Waals surface area (Å²) in [6.45, 7) is 7.40. The number of aryl methyl sites for hydroxylation is 1. The minimum atomic E-state index is -1.04. The smallest absolute Gasteiger partial charge is 0.191 e. The van der Waals surface area contributed by atoms with Crippen LogP contribution in [0.1, 0.15) is 31.0 Å². The van der Waals surface area contributed by atoms with E-state index in [1.54, 1.807) is 7.11 Å². The third-order valence-electron chi connectivity index (χ3n) is 4.10. The predicted molar refractivity (Wildman–Crippen MR) is 113 cm³/mol. The summed E-state index contributed by atoms with van der Waals surface area (Å²) in [5.41, 5.74) is 2.26. The maximum Gasteiger partial charge on any atom is 0.191 e. The van der Waals surface area contributed by atoms with Gasteiger partial charge in [0.2, 0.25) is 0 Å². The third kappa shape index (κ3) is 6.40. The van der Waals surface area contributed by atoms with E-state index in [1.165, 1.54) is 5.56 Å². The molecule has 0 saturated heterocycles. The Balaban J connectivity index is 2.03. The average Bonchev–Trinajstić information content (AvgIpc) is 2.68. The fourth-order valence-corrected chi connectivity index (χ4v) is 3.68. The van der Waals surface area contributed by atoms with E-state index < -0.39 is 10.8 Å². The Morgan fingerprint density at radius 1 is 1.22 bits per heavy atom. The number of rotatable bonds is 8. The lowest BCUT2D eigenvalue weighted by molar-refractivity contribution is 0.405. The van der Waals surface area contributed by atoms with Gasteiger partial charge in [-0.25, -0.2) is 0 Å². The Labute approximate surface area is 164 Å². The van der Waals surface area contributed by atoms with Crippen LogP contribution in [0.4, 0.5) is 0 Å². The molecule has 0 aliphatic rings. The fraction of sp³-hybridized carbons (Fsp3) is 0.381. The van der Waals surface area contributed by atoms with E-state index in [0.29, 0.717) is 18.3 Å². The second-order valence-corrected chi connectivity index (χ2v) is 7.81. The molecule has 0 heterocycles. The maximum atomic E-state index is 12.3. The van der Waals surface area contributed by atoms with Crippen molar-refractivity contribution in [2.75, 3.05) is 26.0 Å². The third-order valence-corrected chi connectivity index (χ3v) is 5.45. The molecule has 0 amide bonds. The zero-order valence-corrected chi connectivity index (χ0v) is 17.3. The Bertz CT molecular complexity index is 778. The van der Waals surface area contributed by atoms with Crippen molar-refractivity contribution >= 4 is 16.8 Å². The quantitative estimate of drug-likeness (QED) is 0.538. The van der Waals surface area contributed by atoms with Gasteiger partial charge in [-0.05, 0) is 39.0 Å². The van der Waals surface area contributed by atoms with Gasteiger partial charge in [0.1, 0.15) is 5.75 Å². The molecule has 2 aromatic carbocycles. The first kappa shape index (κ1) is 21.0. The molecule has 6 heteroatoms. The molecule has 0 saturated carbocycles. The molecule has 0 radical (unpaired) electrons. The monoisotopic (exact) mass is 387 g/mol. The summed E-state index contributed by atoms with van der Waals surface area (Å²) in [6.07, 6.45) is 0. The molecule has 0 aromatic heterocycles. The number of benzene rings is 2. The van der Waals surface area contributed by atoms with E-state index in [0.717, 1.165) is 22.8 Å². The molecule has 5 nitrogen and oxygen atoms in total. The van der Waals surface area contributed by atoms with Crippen LogP contribution in [-0.2, 0) is 10.8 Å². The van der Waals surface area contributed by atoms with Crippen LogP contribution in [0.15, 0.2) is 58.4 Å². The van der Waals surface area contributed by atoms with Crippen molar-refractivity contribution < 1.29 is 8.95 Å². The van der Waals surface area contributed by atoms with Crippen LogP contribution in [0.25, 0.3) is 0 Å². The van der Waals surface area contributed by atoms with Crippen LogP contribution < -0.4 is 15.4 Å². The molecule has 2 unspecified atom stereocenters. The highest BCUT2D eigenvalue weighted by atomic mass is 32.2. The summed E-state index contributed by atoms with van der Waals surface area (Å²) in [7, 11) is 0.636. The predicted octanol–water partition coefficient (Wildman–Crippen LogP) is 3.43. The number of ether oxygens (including phenoxy) is 1. The summed E-state index contributed by atoms with van der Waals surface area (Å²) in [5.74, 6) is 2.04. The van der Waals surface area contributed by atoms with Gasteiger partial charge in [-0.3, -0.25) is 9.20 Å². The zero-order valence-electron chi connectivity index (χ0n) is 16.5.